The summed E-state index contributed by atoms with van der Waals surface area (Å²) in [5.74, 6) is 3.25. The summed E-state index contributed by atoms with van der Waals surface area (Å²) in [5.41, 5.74) is 2.30. The van der Waals surface area contributed by atoms with E-state index >= 15 is 0 Å². The van der Waals surface area contributed by atoms with Gasteiger partial charge in [0.15, 0.2) is 17.5 Å². The number of hydrogen-bond acceptors (Lipinski definition) is 5. The zero-order valence-electron chi connectivity index (χ0n) is 17.6. The number of anilines is 1. The fourth-order valence-corrected chi connectivity index (χ4v) is 3.49. The molecule has 0 aromatic heterocycles. The topological polar surface area (TPSA) is 58.6 Å². The Morgan fingerprint density at radius 3 is 2.34 bits per heavy atom. The molecule has 0 atom stereocenters. The first-order valence-corrected chi connectivity index (χ1v) is 9.74. The molecule has 1 aliphatic heterocycles. The minimum atomic E-state index is 0.670. The summed E-state index contributed by atoms with van der Waals surface area (Å²) in [6.07, 6.45) is 0. The van der Waals surface area contributed by atoms with E-state index in [0.29, 0.717) is 6.54 Å². The average molecular weight is 399 g/mol. The lowest BCUT2D eigenvalue weighted by Crippen LogP contribution is -2.52. The second-order valence-electron chi connectivity index (χ2n) is 6.77. The number of nitrogens with one attached hydrogen (secondary N) is 1. The number of aliphatic imine (C=N–C) groups is 1. The van der Waals surface area contributed by atoms with E-state index in [0.717, 1.165) is 55.0 Å². The largest absolute Gasteiger partial charge is 0.497 e. The number of rotatable bonds is 6. The summed E-state index contributed by atoms with van der Waals surface area (Å²) < 4.78 is 16.0. The van der Waals surface area contributed by atoms with E-state index in [1.165, 1.54) is 5.69 Å². The Hall–Kier alpha value is -3.09. The zero-order chi connectivity index (χ0) is 20.6. The van der Waals surface area contributed by atoms with Crippen LogP contribution >= 0.6 is 0 Å². The third-order valence-electron chi connectivity index (χ3n) is 5.11. The number of piperazine rings is 1. The number of benzene rings is 2. The number of nitrogens with zero attached hydrogens (tertiary/aromatic N) is 3. The molecular formula is C22H30N4O3. The predicted octanol–water partition coefficient (Wildman–Crippen LogP) is 2.61. The van der Waals surface area contributed by atoms with Gasteiger partial charge >= 0.3 is 0 Å². The van der Waals surface area contributed by atoms with Crippen molar-refractivity contribution < 1.29 is 14.2 Å². The van der Waals surface area contributed by atoms with Gasteiger partial charge in [0.1, 0.15) is 5.75 Å². The van der Waals surface area contributed by atoms with Crippen molar-refractivity contribution in [2.75, 3.05) is 59.5 Å². The van der Waals surface area contributed by atoms with Crippen LogP contribution in [-0.4, -0.2) is 65.4 Å². The normalized spacial score (nSPS) is 14.6. The predicted molar refractivity (Wildman–Crippen MR) is 117 cm³/mol. The van der Waals surface area contributed by atoms with Crippen LogP contribution < -0.4 is 24.4 Å². The highest BCUT2D eigenvalue weighted by Crippen LogP contribution is 2.27. The smallest absolute Gasteiger partial charge is 0.194 e. The van der Waals surface area contributed by atoms with Gasteiger partial charge in [-0.25, -0.2) is 0 Å². The van der Waals surface area contributed by atoms with Gasteiger partial charge in [0.2, 0.25) is 0 Å². The zero-order valence-corrected chi connectivity index (χ0v) is 17.6. The van der Waals surface area contributed by atoms with Crippen LogP contribution in [0.2, 0.25) is 0 Å². The van der Waals surface area contributed by atoms with Gasteiger partial charge in [-0.2, -0.15) is 0 Å². The standard InChI is InChI=1S/C22H30N4O3/c1-23-22(24-16-17-8-9-20(28-3)21(14-17)29-4)26-12-10-25(11-13-26)18-6-5-7-19(15-18)27-2/h5-9,14-15H,10-13,16H2,1-4H3,(H,23,24). The summed E-state index contributed by atoms with van der Waals surface area (Å²) in [4.78, 5) is 9.13. The summed E-state index contributed by atoms with van der Waals surface area (Å²) >= 11 is 0. The molecule has 1 heterocycles. The Labute approximate surface area is 172 Å². The minimum absolute atomic E-state index is 0.670. The third-order valence-corrected chi connectivity index (χ3v) is 5.11. The number of guanidine groups is 1. The molecule has 156 valence electrons. The Bertz CT molecular complexity index is 833. The number of hydrogen-bond donors (Lipinski definition) is 1. The maximum absolute atomic E-state index is 5.39. The van der Waals surface area contributed by atoms with Crippen LogP contribution in [-0.2, 0) is 6.54 Å². The van der Waals surface area contributed by atoms with Crippen molar-refractivity contribution in [3.63, 3.8) is 0 Å². The second kappa shape index (κ2) is 9.91. The number of methoxy groups -OCH3 is 3. The molecule has 0 radical (unpaired) electrons. The van der Waals surface area contributed by atoms with Gasteiger partial charge in [0.25, 0.3) is 0 Å². The number of ether oxygens (including phenoxy) is 3. The highest BCUT2D eigenvalue weighted by Gasteiger charge is 2.20. The van der Waals surface area contributed by atoms with Crippen LogP contribution in [0.1, 0.15) is 5.56 Å². The molecule has 7 nitrogen and oxygen atoms in total. The van der Waals surface area contributed by atoms with Crippen molar-refractivity contribution in [3.05, 3.63) is 48.0 Å². The minimum Gasteiger partial charge on any atom is -0.497 e. The lowest BCUT2D eigenvalue weighted by molar-refractivity contribution is 0.354. The summed E-state index contributed by atoms with van der Waals surface area (Å²) in [6, 6.07) is 14.2. The van der Waals surface area contributed by atoms with Gasteiger partial charge in [-0.05, 0) is 29.8 Å². The molecule has 7 heteroatoms. The first-order chi connectivity index (χ1) is 14.2. The second-order valence-corrected chi connectivity index (χ2v) is 6.77. The summed E-state index contributed by atoms with van der Waals surface area (Å²) in [5, 5.41) is 3.46. The first kappa shape index (κ1) is 20.6. The van der Waals surface area contributed by atoms with Gasteiger partial charge in [0, 0.05) is 51.5 Å². The van der Waals surface area contributed by atoms with Crippen molar-refractivity contribution in [1.82, 2.24) is 10.2 Å². The molecule has 0 saturated carbocycles. The quantitative estimate of drug-likeness (QED) is 0.596. The van der Waals surface area contributed by atoms with Crippen LogP contribution in [0.3, 0.4) is 0 Å². The highest BCUT2D eigenvalue weighted by molar-refractivity contribution is 5.80. The van der Waals surface area contributed by atoms with E-state index in [-0.39, 0.29) is 0 Å². The molecule has 0 unspecified atom stereocenters. The van der Waals surface area contributed by atoms with Gasteiger partial charge in [0.05, 0.1) is 21.3 Å². The van der Waals surface area contributed by atoms with Crippen molar-refractivity contribution in [1.29, 1.82) is 0 Å². The van der Waals surface area contributed by atoms with Crippen LogP contribution in [0.15, 0.2) is 47.5 Å². The maximum atomic E-state index is 5.39. The molecule has 2 aromatic rings. The Kier molecular flexibility index (Phi) is 7.05. The molecule has 2 aromatic carbocycles. The van der Waals surface area contributed by atoms with Crippen molar-refractivity contribution in [3.8, 4) is 17.2 Å². The van der Waals surface area contributed by atoms with E-state index in [9.17, 15) is 0 Å². The molecule has 0 aliphatic carbocycles. The third kappa shape index (κ3) is 5.04. The molecule has 0 bridgehead atoms. The van der Waals surface area contributed by atoms with Gasteiger partial charge < -0.3 is 29.3 Å². The van der Waals surface area contributed by atoms with Gasteiger partial charge in [-0.1, -0.05) is 12.1 Å². The Balaban J connectivity index is 1.56. The fraction of sp³-hybridized carbons (Fsp3) is 0.409. The van der Waals surface area contributed by atoms with Crippen LogP contribution in [0.25, 0.3) is 0 Å². The Morgan fingerprint density at radius 2 is 1.69 bits per heavy atom. The lowest BCUT2D eigenvalue weighted by atomic mass is 10.2. The first-order valence-electron chi connectivity index (χ1n) is 9.74. The van der Waals surface area contributed by atoms with Crippen LogP contribution in [0, 0.1) is 0 Å². The van der Waals surface area contributed by atoms with E-state index < -0.39 is 0 Å². The SMILES string of the molecule is CN=C(NCc1ccc(OC)c(OC)c1)N1CCN(c2cccc(OC)c2)CC1. The molecule has 1 fully saturated rings. The summed E-state index contributed by atoms with van der Waals surface area (Å²) in [6.45, 7) is 4.35. The molecule has 0 spiro atoms. The molecule has 29 heavy (non-hydrogen) atoms. The lowest BCUT2D eigenvalue weighted by Gasteiger charge is -2.37. The molecule has 3 rings (SSSR count). The van der Waals surface area contributed by atoms with Crippen molar-refractivity contribution in [2.45, 2.75) is 6.54 Å². The van der Waals surface area contributed by atoms with Crippen molar-refractivity contribution >= 4 is 11.6 Å². The molecule has 1 saturated heterocycles. The molecule has 1 N–H and O–H groups in total. The van der Waals surface area contributed by atoms with E-state index in [1.807, 2.05) is 37.4 Å². The monoisotopic (exact) mass is 398 g/mol. The van der Waals surface area contributed by atoms with Gasteiger partial charge in [-0.15, -0.1) is 0 Å². The summed E-state index contributed by atoms with van der Waals surface area (Å²) in [7, 11) is 6.81. The van der Waals surface area contributed by atoms with Crippen LogP contribution in [0.5, 0.6) is 17.2 Å². The highest BCUT2D eigenvalue weighted by atomic mass is 16.5. The van der Waals surface area contributed by atoms with Crippen LogP contribution in [0.4, 0.5) is 5.69 Å². The molecule has 0 amide bonds. The Morgan fingerprint density at radius 1 is 0.931 bits per heavy atom. The van der Waals surface area contributed by atoms with E-state index in [1.54, 1.807) is 21.3 Å². The molecular weight excluding hydrogens is 368 g/mol. The van der Waals surface area contributed by atoms with Gasteiger partial charge in [-0.3, -0.25) is 4.99 Å². The van der Waals surface area contributed by atoms with E-state index in [2.05, 4.69) is 32.2 Å². The van der Waals surface area contributed by atoms with E-state index in [4.69, 9.17) is 14.2 Å². The molecule has 1 aliphatic rings. The fourth-order valence-electron chi connectivity index (χ4n) is 3.49. The maximum Gasteiger partial charge on any atom is 0.194 e. The average Bonchev–Trinajstić information content (AvgIpc) is 2.79. The van der Waals surface area contributed by atoms with Crippen molar-refractivity contribution in [2.24, 2.45) is 4.99 Å².